The third-order valence-corrected chi connectivity index (χ3v) is 3.71. The van der Waals surface area contributed by atoms with Crippen molar-refractivity contribution in [3.8, 4) is 0 Å². The molecule has 0 aromatic heterocycles. The van der Waals surface area contributed by atoms with E-state index in [9.17, 15) is 12.8 Å². The van der Waals surface area contributed by atoms with Gasteiger partial charge in [0.15, 0.2) is 0 Å². The number of nitrogen functional groups attached to an aromatic ring is 1. The average molecular weight is 280 g/mol. The van der Waals surface area contributed by atoms with Gasteiger partial charge in [-0.2, -0.15) is 0 Å². The van der Waals surface area contributed by atoms with Crippen LogP contribution in [0.2, 0.25) is 0 Å². The molecular formula is C13H13FN2O2S. The molecule has 19 heavy (non-hydrogen) atoms. The second kappa shape index (κ2) is 5.27. The Bertz CT molecular complexity index is 599. The first-order valence-corrected chi connectivity index (χ1v) is 7.20. The van der Waals surface area contributed by atoms with Crippen molar-refractivity contribution in [2.24, 2.45) is 0 Å². The summed E-state index contributed by atoms with van der Waals surface area (Å²) in [6.07, 6.45) is 0. The van der Waals surface area contributed by atoms with Gasteiger partial charge in [0, 0.05) is 11.4 Å². The highest BCUT2D eigenvalue weighted by molar-refractivity contribution is 7.91. The molecule has 0 aliphatic carbocycles. The lowest BCUT2D eigenvalue weighted by molar-refractivity contribution is 0.600. The third kappa shape index (κ3) is 3.96. The zero-order valence-corrected chi connectivity index (χ0v) is 10.8. The van der Waals surface area contributed by atoms with Gasteiger partial charge in [-0.15, -0.1) is 0 Å². The number of nitrogens with one attached hydrogen (secondary N) is 1. The quantitative estimate of drug-likeness (QED) is 0.844. The minimum atomic E-state index is -3.53. The van der Waals surface area contributed by atoms with Gasteiger partial charge in [0.05, 0.1) is 5.75 Å². The summed E-state index contributed by atoms with van der Waals surface area (Å²) >= 11 is 0. The topological polar surface area (TPSA) is 72.2 Å². The molecule has 2 aromatic carbocycles. The van der Waals surface area contributed by atoms with E-state index in [2.05, 4.69) is 4.72 Å². The van der Waals surface area contributed by atoms with Gasteiger partial charge in [-0.3, -0.25) is 4.72 Å². The lowest BCUT2D eigenvalue weighted by Crippen LogP contribution is -2.15. The highest BCUT2D eigenvalue weighted by atomic mass is 32.2. The number of hydrogen-bond acceptors (Lipinski definition) is 3. The first kappa shape index (κ1) is 13.4. The minimum Gasteiger partial charge on any atom is -0.399 e. The van der Waals surface area contributed by atoms with Gasteiger partial charge in [-0.05, 0) is 42.0 Å². The first-order chi connectivity index (χ1) is 8.94. The van der Waals surface area contributed by atoms with Gasteiger partial charge in [0.1, 0.15) is 5.82 Å². The molecule has 0 amide bonds. The molecule has 0 aliphatic heterocycles. The predicted octanol–water partition coefficient (Wildman–Crippen LogP) is 2.35. The first-order valence-electron chi connectivity index (χ1n) is 5.55. The fraction of sp³-hybridized carbons (Fsp3) is 0.0769. The molecule has 0 saturated carbocycles. The van der Waals surface area contributed by atoms with Crippen molar-refractivity contribution in [2.45, 2.75) is 5.75 Å². The van der Waals surface area contributed by atoms with Crippen molar-refractivity contribution < 1.29 is 12.8 Å². The van der Waals surface area contributed by atoms with Crippen molar-refractivity contribution in [3.05, 3.63) is 59.9 Å². The number of sulfonamides is 1. The highest BCUT2D eigenvalue weighted by Crippen LogP contribution is 2.14. The van der Waals surface area contributed by atoms with Crippen LogP contribution in [0.15, 0.2) is 48.5 Å². The van der Waals surface area contributed by atoms with Crippen molar-refractivity contribution in [2.75, 3.05) is 10.5 Å². The van der Waals surface area contributed by atoms with Crippen molar-refractivity contribution in [1.29, 1.82) is 0 Å². The lowest BCUT2D eigenvalue weighted by atomic mass is 10.2. The molecule has 0 saturated heterocycles. The molecule has 0 radical (unpaired) electrons. The van der Waals surface area contributed by atoms with Crippen LogP contribution in [0.25, 0.3) is 0 Å². The summed E-state index contributed by atoms with van der Waals surface area (Å²) in [5.41, 5.74) is 7.06. The molecule has 0 atom stereocenters. The van der Waals surface area contributed by atoms with Crippen molar-refractivity contribution >= 4 is 21.4 Å². The van der Waals surface area contributed by atoms with E-state index in [1.807, 2.05) is 0 Å². The number of nitrogens with two attached hydrogens (primary N) is 1. The number of benzene rings is 2. The van der Waals surface area contributed by atoms with Gasteiger partial charge >= 0.3 is 0 Å². The Labute approximate surface area is 111 Å². The van der Waals surface area contributed by atoms with Crippen LogP contribution in [0, 0.1) is 5.82 Å². The summed E-state index contributed by atoms with van der Waals surface area (Å²) in [5, 5.41) is 0. The molecule has 3 N–H and O–H groups in total. The molecule has 0 heterocycles. The Morgan fingerprint density at radius 3 is 2.16 bits per heavy atom. The molecular weight excluding hydrogens is 267 g/mol. The van der Waals surface area contributed by atoms with E-state index in [0.29, 0.717) is 16.9 Å². The van der Waals surface area contributed by atoms with Gasteiger partial charge in [-0.1, -0.05) is 12.1 Å². The molecule has 100 valence electrons. The number of anilines is 2. The van der Waals surface area contributed by atoms with Crippen LogP contribution in [-0.4, -0.2) is 8.42 Å². The van der Waals surface area contributed by atoms with Crippen molar-refractivity contribution in [1.82, 2.24) is 0 Å². The normalized spacial score (nSPS) is 11.2. The molecule has 6 heteroatoms. The summed E-state index contributed by atoms with van der Waals surface area (Å²) in [6.45, 7) is 0. The zero-order chi connectivity index (χ0) is 13.9. The molecule has 0 aliphatic rings. The van der Waals surface area contributed by atoms with Crippen LogP contribution in [-0.2, 0) is 15.8 Å². The molecule has 2 rings (SSSR count). The summed E-state index contributed by atoms with van der Waals surface area (Å²) in [5.74, 6) is -0.577. The standard InChI is InChI=1S/C13H13FN2O2S/c14-11-3-7-13(8-4-11)16-19(17,18)9-10-1-5-12(15)6-2-10/h1-8,16H,9,15H2. The molecule has 0 bridgehead atoms. The number of halogens is 1. The summed E-state index contributed by atoms with van der Waals surface area (Å²) < 4.78 is 38.9. The Hall–Kier alpha value is -2.08. The van der Waals surface area contributed by atoms with Crippen LogP contribution in [0.1, 0.15) is 5.56 Å². The molecule has 0 fully saturated rings. The largest absolute Gasteiger partial charge is 0.399 e. The fourth-order valence-corrected chi connectivity index (χ4v) is 2.77. The Morgan fingerprint density at radius 2 is 1.58 bits per heavy atom. The molecule has 2 aromatic rings. The van der Waals surface area contributed by atoms with Crippen LogP contribution in [0.5, 0.6) is 0 Å². The number of rotatable bonds is 4. The Balaban J connectivity index is 2.10. The SMILES string of the molecule is Nc1ccc(CS(=O)(=O)Nc2ccc(F)cc2)cc1. The number of hydrogen-bond donors (Lipinski definition) is 2. The molecule has 0 spiro atoms. The Kier molecular flexibility index (Phi) is 3.71. The van der Waals surface area contributed by atoms with E-state index in [-0.39, 0.29) is 5.75 Å². The fourth-order valence-electron chi connectivity index (χ4n) is 1.57. The van der Waals surface area contributed by atoms with E-state index in [4.69, 9.17) is 5.73 Å². The van der Waals surface area contributed by atoms with E-state index in [1.165, 1.54) is 24.3 Å². The summed E-state index contributed by atoms with van der Waals surface area (Å²) in [7, 11) is -3.53. The summed E-state index contributed by atoms with van der Waals surface area (Å²) in [4.78, 5) is 0. The second-order valence-corrected chi connectivity index (χ2v) is 5.83. The highest BCUT2D eigenvalue weighted by Gasteiger charge is 2.11. The average Bonchev–Trinajstić information content (AvgIpc) is 2.34. The van der Waals surface area contributed by atoms with Gasteiger partial charge in [-0.25, -0.2) is 12.8 Å². The third-order valence-electron chi connectivity index (χ3n) is 2.45. The van der Waals surface area contributed by atoms with Crippen LogP contribution in [0.3, 0.4) is 0 Å². The van der Waals surface area contributed by atoms with Crippen molar-refractivity contribution in [3.63, 3.8) is 0 Å². The van der Waals surface area contributed by atoms with E-state index < -0.39 is 15.8 Å². The second-order valence-electron chi connectivity index (χ2n) is 4.11. The monoisotopic (exact) mass is 280 g/mol. The lowest BCUT2D eigenvalue weighted by Gasteiger charge is -2.08. The smallest absolute Gasteiger partial charge is 0.236 e. The van der Waals surface area contributed by atoms with Crippen LogP contribution in [0.4, 0.5) is 15.8 Å². The van der Waals surface area contributed by atoms with Crippen LogP contribution < -0.4 is 10.5 Å². The summed E-state index contributed by atoms with van der Waals surface area (Å²) in [6, 6.07) is 11.7. The maximum Gasteiger partial charge on any atom is 0.236 e. The minimum absolute atomic E-state index is 0.162. The van der Waals surface area contributed by atoms with Crippen LogP contribution >= 0.6 is 0 Å². The van der Waals surface area contributed by atoms with Gasteiger partial charge in [0.2, 0.25) is 10.0 Å². The van der Waals surface area contributed by atoms with Gasteiger partial charge in [0.25, 0.3) is 0 Å². The Morgan fingerprint density at radius 1 is 1.00 bits per heavy atom. The molecule has 0 unspecified atom stereocenters. The molecule has 4 nitrogen and oxygen atoms in total. The van der Waals surface area contributed by atoms with E-state index in [0.717, 1.165) is 0 Å². The zero-order valence-electron chi connectivity index (χ0n) is 10.0. The maximum absolute atomic E-state index is 12.7. The van der Waals surface area contributed by atoms with Gasteiger partial charge < -0.3 is 5.73 Å². The van der Waals surface area contributed by atoms with E-state index in [1.54, 1.807) is 24.3 Å². The van der Waals surface area contributed by atoms with E-state index >= 15 is 0 Å². The predicted molar refractivity (Wildman–Crippen MR) is 73.5 cm³/mol. The maximum atomic E-state index is 12.7.